The van der Waals surface area contributed by atoms with Gasteiger partial charge in [-0.05, 0) is 17.7 Å². The van der Waals surface area contributed by atoms with E-state index in [1.807, 2.05) is 18.3 Å². The number of hydrogen-bond donors (Lipinski definition) is 0. The van der Waals surface area contributed by atoms with Crippen molar-refractivity contribution in [1.82, 2.24) is 9.97 Å². The molecular weight excluding hydrogens is 276 g/mol. The summed E-state index contributed by atoms with van der Waals surface area (Å²) in [7, 11) is 0. The van der Waals surface area contributed by atoms with Crippen molar-refractivity contribution >= 4 is 34.3 Å². The first-order valence-corrected chi connectivity index (χ1v) is 7.26. The van der Waals surface area contributed by atoms with Gasteiger partial charge in [-0.2, -0.15) is 0 Å². The van der Waals surface area contributed by atoms with Crippen LogP contribution in [0.1, 0.15) is 5.56 Å². The minimum Gasteiger partial charge on any atom is -0.252 e. The fourth-order valence-corrected chi connectivity index (χ4v) is 2.90. The highest BCUT2D eigenvalue weighted by atomic mass is 35.5. The minimum absolute atomic E-state index is 0.456. The number of hydrogen-bond acceptors (Lipinski definition) is 3. The first kappa shape index (κ1) is 12.5. The number of halogens is 1. The summed E-state index contributed by atoms with van der Waals surface area (Å²) in [6.07, 6.45) is 3.56. The largest absolute Gasteiger partial charge is 0.252 e. The van der Waals surface area contributed by atoms with Gasteiger partial charge in [0, 0.05) is 28.4 Å². The predicted molar refractivity (Wildman–Crippen MR) is 80.6 cm³/mol. The highest BCUT2D eigenvalue weighted by Gasteiger charge is 2.03. The Morgan fingerprint density at radius 3 is 2.74 bits per heavy atom. The van der Waals surface area contributed by atoms with Gasteiger partial charge >= 0.3 is 0 Å². The summed E-state index contributed by atoms with van der Waals surface area (Å²) in [5.74, 6) is 0.937. The second-order valence-electron chi connectivity index (χ2n) is 4.12. The second kappa shape index (κ2) is 5.59. The molecule has 0 spiro atoms. The number of thioether (sulfide) groups is 1. The number of pyridine rings is 2. The highest BCUT2D eigenvalue weighted by molar-refractivity contribution is 7.98. The molecule has 94 valence electrons. The van der Waals surface area contributed by atoms with E-state index in [1.165, 1.54) is 5.56 Å². The van der Waals surface area contributed by atoms with Crippen molar-refractivity contribution in [3.8, 4) is 0 Å². The molecule has 3 rings (SSSR count). The Hall–Kier alpha value is -1.58. The standard InChI is InChI=1S/C15H11ClN2S/c16-15-14-12(6-7-17-15)8-13(9-18-14)19-10-11-4-2-1-3-5-11/h1-9H,10H2. The molecule has 19 heavy (non-hydrogen) atoms. The van der Waals surface area contributed by atoms with E-state index >= 15 is 0 Å². The van der Waals surface area contributed by atoms with Crippen molar-refractivity contribution in [2.24, 2.45) is 0 Å². The number of benzene rings is 1. The molecule has 4 heteroatoms. The molecule has 0 unspecified atom stereocenters. The molecule has 3 aromatic rings. The van der Waals surface area contributed by atoms with Gasteiger partial charge in [-0.1, -0.05) is 41.9 Å². The molecule has 0 aliphatic carbocycles. The minimum atomic E-state index is 0.456. The summed E-state index contributed by atoms with van der Waals surface area (Å²) in [4.78, 5) is 9.54. The Bertz CT molecular complexity index is 701. The quantitative estimate of drug-likeness (QED) is 0.521. The van der Waals surface area contributed by atoms with Crippen LogP contribution in [0.25, 0.3) is 10.9 Å². The van der Waals surface area contributed by atoms with Crippen LogP contribution < -0.4 is 0 Å². The molecule has 1 aromatic carbocycles. The van der Waals surface area contributed by atoms with E-state index in [1.54, 1.807) is 18.0 Å². The highest BCUT2D eigenvalue weighted by Crippen LogP contribution is 2.26. The smallest absolute Gasteiger partial charge is 0.155 e. The lowest BCUT2D eigenvalue weighted by atomic mass is 10.2. The summed E-state index contributed by atoms with van der Waals surface area (Å²) < 4.78 is 0. The third kappa shape index (κ3) is 2.88. The van der Waals surface area contributed by atoms with Crippen molar-refractivity contribution in [1.29, 1.82) is 0 Å². The maximum Gasteiger partial charge on any atom is 0.155 e. The summed E-state index contributed by atoms with van der Waals surface area (Å²) in [6, 6.07) is 14.4. The molecule has 2 aromatic heterocycles. The Kier molecular flexibility index (Phi) is 3.67. The monoisotopic (exact) mass is 286 g/mol. The first-order valence-electron chi connectivity index (χ1n) is 5.90. The van der Waals surface area contributed by atoms with Gasteiger partial charge in [0.25, 0.3) is 0 Å². The molecular formula is C15H11ClN2S. The molecule has 0 aliphatic rings. The fraction of sp³-hybridized carbons (Fsp3) is 0.0667. The van der Waals surface area contributed by atoms with Gasteiger partial charge < -0.3 is 0 Å². The topological polar surface area (TPSA) is 25.8 Å². The molecule has 0 amide bonds. The summed E-state index contributed by atoms with van der Waals surface area (Å²) in [5.41, 5.74) is 2.06. The van der Waals surface area contributed by atoms with E-state index in [0.29, 0.717) is 5.15 Å². The molecule has 0 aliphatic heterocycles. The van der Waals surface area contributed by atoms with Crippen LogP contribution in [0.3, 0.4) is 0 Å². The van der Waals surface area contributed by atoms with Crippen molar-refractivity contribution in [2.45, 2.75) is 10.6 Å². The van der Waals surface area contributed by atoms with E-state index in [-0.39, 0.29) is 0 Å². The van der Waals surface area contributed by atoms with Crippen molar-refractivity contribution < 1.29 is 0 Å². The van der Waals surface area contributed by atoms with Crippen molar-refractivity contribution in [2.75, 3.05) is 0 Å². The van der Waals surface area contributed by atoms with Crippen LogP contribution >= 0.6 is 23.4 Å². The zero-order chi connectivity index (χ0) is 13.1. The molecule has 0 radical (unpaired) electrons. The van der Waals surface area contributed by atoms with Gasteiger partial charge in [-0.15, -0.1) is 11.8 Å². The van der Waals surface area contributed by atoms with E-state index < -0.39 is 0 Å². The average molecular weight is 287 g/mol. The third-order valence-corrected chi connectivity index (χ3v) is 4.09. The van der Waals surface area contributed by atoms with Gasteiger partial charge in [0.05, 0.1) is 0 Å². The molecule has 2 nitrogen and oxygen atoms in total. The van der Waals surface area contributed by atoms with Gasteiger partial charge in [0.15, 0.2) is 5.15 Å². The number of rotatable bonds is 3. The lowest BCUT2D eigenvalue weighted by Gasteiger charge is -2.04. The van der Waals surface area contributed by atoms with Crippen molar-refractivity contribution in [3.05, 3.63) is 65.6 Å². The zero-order valence-electron chi connectivity index (χ0n) is 10.1. The van der Waals surface area contributed by atoms with Crippen LogP contribution in [-0.4, -0.2) is 9.97 Å². The molecule has 0 N–H and O–H groups in total. The molecule has 0 bridgehead atoms. The molecule has 0 saturated heterocycles. The van der Waals surface area contributed by atoms with Crippen molar-refractivity contribution in [3.63, 3.8) is 0 Å². The van der Waals surface area contributed by atoms with E-state index in [2.05, 4.69) is 40.3 Å². The van der Waals surface area contributed by atoms with Gasteiger partial charge in [0.1, 0.15) is 5.52 Å². The molecule has 2 heterocycles. The Morgan fingerprint density at radius 2 is 1.89 bits per heavy atom. The number of fused-ring (bicyclic) bond motifs is 1. The maximum absolute atomic E-state index is 6.00. The van der Waals surface area contributed by atoms with Crippen LogP contribution in [0.5, 0.6) is 0 Å². The predicted octanol–water partition coefficient (Wildman–Crippen LogP) is 4.58. The second-order valence-corrected chi connectivity index (χ2v) is 5.53. The molecule has 0 saturated carbocycles. The van der Waals surface area contributed by atoms with E-state index in [9.17, 15) is 0 Å². The maximum atomic E-state index is 6.00. The SMILES string of the molecule is Clc1nccc2cc(SCc3ccccc3)cnc12. The van der Waals surface area contributed by atoms with E-state index in [4.69, 9.17) is 11.6 Å². The normalized spacial score (nSPS) is 10.8. The average Bonchev–Trinajstić information content (AvgIpc) is 2.46. The van der Waals surface area contributed by atoms with E-state index in [0.717, 1.165) is 21.6 Å². The molecule has 0 fully saturated rings. The van der Waals surface area contributed by atoms with Gasteiger partial charge in [-0.3, -0.25) is 4.98 Å². The summed E-state index contributed by atoms with van der Waals surface area (Å²) in [5, 5.41) is 1.48. The molecule has 0 atom stereocenters. The Balaban J connectivity index is 1.82. The lowest BCUT2D eigenvalue weighted by Crippen LogP contribution is -1.85. The number of aromatic nitrogens is 2. The summed E-state index contributed by atoms with van der Waals surface area (Å²) >= 11 is 7.77. The van der Waals surface area contributed by atoms with Crippen LogP contribution in [0, 0.1) is 0 Å². The van der Waals surface area contributed by atoms with Crippen LogP contribution in [0.15, 0.2) is 59.8 Å². The first-order chi connectivity index (χ1) is 9.33. The lowest BCUT2D eigenvalue weighted by molar-refractivity contribution is 1.26. The van der Waals surface area contributed by atoms with Crippen LogP contribution in [0.2, 0.25) is 5.15 Å². The zero-order valence-corrected chi connectivity index (χ0v) is 11.7. The summed E-state index contributed by atoms with van der Waals surface area (Å²) in [6.45, 7) is 0. The fourth-order valence-electron chi connectivity index (χ4n) is 1.82. The van der Waals surface area contributed by atoms with Crippen LogP contribution in [0.4, 0.5) is 0 Å². The third-order valence-electron chi connectivity index (χ3n) is 2.78. The number of nitrogens with zero attached hydrogens (tertiary/aromatic N) is 2. The Morgan fingerprint density at radius 1 is 1.05 bits per heavy atom. The van der Waals surface area contributed by atoms with Gasteiger partial charge in [-0.25, -0.2) is 4.98 Å². The Labute approximate surface area is 120 Å². The van der Waals surface area contributed by atoms with Gasteiger partial charge in [0.2, 0.25) is 0 Å². The van der Waals surface area contributed by atoms with Crippen LogP contribution in [-0.2, 0) is 5.75 Å².